The summed E-state index contributed by atoms with van der Waals surface area (Å²) in [5.41, 5.74) is 9.01. The topological polar surface area (TPSA) is 42.1 Å². The number of hydrogen-bond donors (Lipinski definition) is 1. The summed E-state index contributed by atoms with van der Waals surface area (Å²) in [6.07, 6.45) is 3.82. The number of hydrogen-bond acceptors (Lipinski definition) is 4. The lowest BCUT2D eigenvalue weighted by Gasteiger charge is -2.30. The van der Waals surface area contributed by atoms with E-state index in [-0.39, 0.29) is 0 Å². The van der Waals surface area contributed by atoms with Crippen LogP contribution in [-0.4, -0.2) is 30.0 Å². The Morgan fingerprint density at radius 3 is 3.13 bits per heavy atom. The first-order chi connectivity index (χ1) is 7.33. The lowest BCUT2D eigenvalue weighted by Crippen LogP contribution is -2.33. The number of nitrogens with two attached hydrogens (primary N) is 1. The van der Waals surface area contributed by atoms with Crippen LogP contribution in [0, 0.1) is 5.92 Å². The van der Waals surface area contributed by atoms with Crippen LogP contribution in [0.5, 0.6) is 0 Å². The monoisotopic (exact) mass is 225 g/mol. The van der Waals surface area contributed by atoms with Crippen molar-refractivity contribution >= 4 is 11.3 Å². The van der Waals surface area contributed by atoms with Crippen LogP contribution in [-0.2, 0) is 0 Å². The van der Waals surface area contributed by atoms with E-state index in [0.29, 0.717) is 12.0 Å². The first-order valence-corrected chi connectivity index (χ1v) is 6.55. The summed E-state index contributed by atoms with van der Waals surface area (Å²) in [6, 6.07) is 0.434. The van der Waals surface area contributed by atoms with Crippen LogP contribution in [0.15, 0.2) is 10.9 Å². The van der Waals surface area contributed by atoms with Crippen LogP contribution >= 0.6 is 11.3 Å². The minimum absolute atomic E-state index is 0.434. The molecule has 0 aromatic carbocycles. The Kier molecular flexibility index (Phi) is 3.72. The summed E-state index contributed by atoms with van der Waals surface area (Å²) in [6.45, 7) is 1.94. The number of rotatable bonds is 2. The third-order valence-corrected chi connectivity index (χ3v) is 3.92. The molecule has 0 amide bonds. The quantitative estimate of drug-likeness (QED) is 0.835. The molecule has 1 aliphatic heterocycles. The Labute approximate surface area is 95.3 Å². The molecule has 15 heavy (non-hydrogen) atoms. The molecule has 2 N–H and O–H groups in total. The highest BCUT2D eigenvalue weighted by Gasteiger charge is 2.29. The summed E-state index contributed by atoms with van der Waals surface area (Å²) >= 11 is 1.68. The van der Waals surface area contributed by atoms with E-state index in [1.165, 1.54) is 31.5 Å². The molecule has 1 saturated heterocycles. The van der Waals surface area contributed by atoms with Crippen LogP contribution < -0.4 is 5.73 Å². The van der Waals surface area contributed by atoms with Gasteiger partial charge in [-0.25, -0.2) is 4.98 Å². The zero-order valence-electron chi connectivity index (χ0n) is 9.22. The Morgan fingerprint density at radius 1 is 1.60 bits per heavy atom. The van der Waals surface area contributed by atoms with Crippen molar-refractivity contribution in [3.8, 4) is 0 Å². The molecule has 1 aromatic rings. The minimum Gasteiger partial charge on any atom is -0.330 e. The third kappa shape index (κ3) is 2.38. The highest BCUT2D eigenvalue weighted by atomic mass is 32.1. The molecule has 1 aliphatic rings. The second-order valence-corrected chi connectivity index (χ2v) is 5.05. The molecule has 0 saturated carbocycles. The second kappa shape index (κ2) is 5.05. The normalized spacial score (nSPS) is 28.9. The van der Waals surface area contributed by atoms with E-state index < -0.39 is 0 Å². The molecule has 0 aliphatic carbocycles. The van der Waals surface area contributed by atoms with Crippen molar-refractivity contribution in [3.05, 3.63) is 16.6 Å². The van der Waals surface area contributed by atoms with Crippen molar-refractivity contribution in [2.45, 2.75) is 25.3 Å². The molecule has 1 fully saturated rings. The fraction of sp³-hybridized carbons (Fsp3) is 0.727. The maximum Gasteiger partial charge on any atom is 0.0795 e. The molecule has 2 rings (SSSR count). The Morgan fingerprint density at radius 2 is 2.47 bits per heavy atom. The average molecular weight is 225 g/mol. The van der Waals surface area contributed by atoms with Gasteiger partial charge in [0.15, 0.2) is 0 Å². The molecular weight excluding hydrogens is 206 g/mol. The van der Waals surface area contributed by atoms with Gasteiger partial charge in [0.25, 0.3) is 0 Å². The zero-order valence-corrected chi connectivity index (χ0v) is 10.0. The average Bonchev–Trinajstić information content (AvgIpc) is 2.69. The summed E-state index contributed by atoms with van der Waals surface area (Å²) in [4.78, 5) is 6.87. The summed E-state index contributed by atoms with van der Waals surface area (Å²) < 4.78 is 0. The summed E-state index contributed by atoms with van der Waals surface area (Å²) in [5, 5.41) is 2.16. The molecule has 0 bridgehead atoms. The van der Waals surface area contributed by atoms with Crippen molar-refractivity contribution < 1.29 is 0 Å². The van der Waals surface area contributed by atoms with Crippen LogP contribution in [0.3, 0.4) is 0 Å². The molecule has 84 valence electrons. The standard InChI is InChI=1S/C11H19N3S/c1-14-5-3-2-4-9(6-12)11(14)10-7-15-8-13-10/h7-9,11H,2-6,12H2,1H3. The van der Waals surface area contributed by atoms with Crippen molar-refractivity contribution in [3.63, 3.8) is 0 Å². The van der Waals surface area contributed by atoms with Crippen molar-refractivity contribution in [2.24, 2.45) is 11.7 Å². The SMILES string of the molecule is CN1CCCCC(CN)C1c1cscn1. The lowest BCUT2D eigenvalue weighted by molar-refractivity contribution is 0.192. The number of aromatic nitrogens is 1. The highest BCUT2D eigenvalue weighted by Crippen LogP contribution is 2.33. The van der Waals surface area contributed by atoms with Crippen LogP contribution in [0.25, 0.3) is 0 Å². The van der Waals surface area contributed by atoms with Gasteiger partial charge in [-0.3, -0.25) is 4.90 Å². The first kappa shape index (κ1) is 11.0. The molecule has 2 atom stereocenters. The smallest absolute Gasteiger partial charge is 0.0795 e. The summed E-state index contributed by atoms with van der Waals surface area (Å²) in [7, 11) is 2.19. The van der Waals surface area contributed by atoms with Gasteiger partial charge in [0.1, 0.15) is 0 Å². The number of likely N-dealkylation sites (tertiary alicyclic amines) is 1. The van der Waals surface area contributed by atoms with Gasteiger partial charge in [-0.2, -0.15) is 0 Å². The third-order valence-electron chi connectivity index (χ3n) is 3.31. The molecule has 3 nitrogen and oxygen atoms in total. The molecule has 0 radical (unpaired) electrons. The highest BCUT2D eigenvalue weighted by molar-refractivity contribution is 7.07. The van der Waals surface area contributed by atoms with E-state index in [2.05, 4.69) is 22.3 Å². The van der Waals surface area contributed by atoms with Crippen molar-refractivity contribution in [1.29, 1.82) is 0 Å². The first-order valence-electron chi connectivity index (χ1n) is 5.61. The summed E-state index contributed by atoms with van der Waals surface area (Å²) in [5.74, 6) is 0.569. The fourth-order valence-corrected chi connectivity index (χ4v) is 3.09. The van der Waals surface area contributed by atoms with Crippen molar-refractivity contribution in [2.75, 3.05) is 20.1 Å². The molecule has 0 spiro atoms. The van der Waals surface area contributed by atoms with Crippen molar-refractivity contribution in [1.82, 2.24) is 9.88 Å². The largest absolute Gasteiger partial charge is 0.330 e. The Bertz CT molecular complexity index is 286. The molecular formula is C11H19N3S. The maximum atomic E-state index is 5.88. The zero-order chi connectivity index (χ0) is 10.7. The van der Waals surface area contributed by atoms with E-state index >= 15 is 0 Å². The molecule has 2 heterocycles. The van der Waals surface area contributed by atoms with E-state index in [4.69, 9.17) is 5.73 Å². The van der Waals surface area contributed by atoms with Crippen LogP contribution in [0.1, 0.15) is 31.0 Å². The lowest BCUT2D eigenvalue weighted by atomic mass is 9.93. The fourth-order valence-electron chi connectivity index (χ4n) is 2.51. The number of thiazole rings is 1. The van der Waals surface area contributed by atoms with Gasteiger partial charge >= 0.3 is 0 Å². The van der Waals surface area contributed by atoms with Crippen LogP contribution in [0.4, 0.5) is 0 Å². The van der Waals surface area contributed by atoms with Gasteiger partial charge in [0.2, 0.25) is 0 Å². The predicted molar refractivity (Wildman–Crippen MR) is 63.9 cm³/mol. The Hall–Kier alpha value is -0.450. The molecule has 4 heteroatoms. The van der Waals surface area contributed by atoms with Gasteiger partial charge in [0, 0.05) is 5.38 Å². The predicted octanol–water partition coefficient (Wildman–Crippen LogP) is 1.87. The van der Waals surface area contributed by atoms with E-state index in [1.807, 2.05) is 5.51 Å². The van der Waals surface area contributed by atoms with E-state index in [9.17, 15) is 0 Å². The van der Waals surface area contributed by atoms with E-state index in [0.717, 1.165) is 6.54 Å². The van der Waals surface area contributed by atoms with E-state index in [1.54, 1.807) is 11.3 Å². The van der Waals surface area contributed by atoms with Gasteiger partial charge in [-0.15, -0.1) is 11.3 Å². The molecule has 2 unspecified atom stereocenters. The maximum absolute atomic E-state index is 5.88. The molecule has 1 aromatic heterocycles. The van der Waals surface area contributed by atoms with Crippen LogP contribution in [0.2, 0.25) is 0 Å². The van der Waals surface area contributed by atoms with Gasteiger partial charge in [-0.05, 0) is 38.9 Å². The van der Waals surface area contributed by atoms with Gasteiger partial charge < -0.3 is 5.73 Å². The Balaban J connectivity index is 2.22. The second-order valence-electron chi connectivity index (χ2n) is 4.33. The number of nitrogens with zero attached hydrogens (tertiary/aromatic N) is 2. The minimum atomic E-state index is 0.434. The van der Waals surface area contributed by atoms with Gasteiger partial charge in [0.05, 0.1) is 17.2 Å². The van der Waals surface area contributed by atoms with Gasteiger partial charge in [-0.1, -0.05) is 6.42 Å².